The highest BCUT2D eigenvalue weighted by Crippen LogP contribution is 2.19. The van der Waals surface area contributed by atoms with Crippen molar-refractivity contribution in [2.75, 3.05) is 26.2 Å². The predicted octanol–water partition coefficient (Wildman–Crippen LogP) is 0.605. The van der Waals surface area contributed by atoms with Crippen LogP contribution in [0, 0.1) is 5.92 Å². The maximum atomic E-state index is 11.1. The average molecular weight is 228 g/mol. The maximum Gasteiger partial charge on any atom is 0.217 e. The molecule has 0 saturated carbocycles. The molecule has 0 bridgehead atoms. The third-order valence-corrected chi connectivity index (χ3v) is 3.10. The largest absolute Gasteiger partial charge is 0.396 e. The summed E-state index contributed by atoms with van der Waals surface area (Å²) in [5.74, 6) is 0.563. The Bertz CT molecular complexity index is 207. The second kappa shape index (κ2) is 6.86. The maximum absolute atomic E-state index is 11.1. The minimum absolute atomic E-state index is 0.0473. The Morgan fingerprint density at radius 2 is 2.25 bits per heavy atom. The van der Waals surface area contributed by atoms with Gasteiger partial charge in [0, 0.05) is 32.7 Å². The molecule has 0 aromatic heterocycles. The number of rotatable bonds is 5. The van der Waals surface area contributed by atoms with E-state index >= 15 is 0 Å². The number of nitrogens with one attached hydrogen (secondary N) is 1. The number of carbonyl (C=O) groups is 1. The van der Waals surface area contributed by atoms with Gasteiger partial charge in [-0.05, 0) is 31.7 Å². The van der Waals surface area contributed by atoms with E-state index in [9.17, 15) is 4.79 Å². The third-order valence-electron chi connectivity index (χ3n) is 3.10. The monoisotopic (exact) mass is 228 g/mol. The van der Waals surface area contributed by atoms with Gasteiger partial charge in [-0.3, -0.25) is 4.79 Å². The second-order valence-corrected chi connectivity index (χ2v) is 4.77. The molecule has 1 aliphatic rings. The lowest BCUT2D eigenvalue weighted by Crippen LogP contribution is -2.50. The van der Waals surface area contributed by atoms with Crippen LogP contribution in [0.5, 0.6) is 0 Å². The highest BCUT2D eigenvalue weighted by molar-refractivity contribution is 5.73. The van der Waals surface area contributed by atoms with Gasteiger partial charge in [-0.15, -0.1) is 0 Å². The molecule has 2 atom stereocenters. The Morgan fingerprint density at radius 1 is 1.50 bits per heavy atom. The van der Waals surface area contributed by atoms with Crippen LogP contribution in [0.15, 0.2) is 0 Å². The van der Waals surface area contributed by atoms with Gasteiger partial charge in [0.25, 0.3) is 0 Å². The van der Waals surface area contributed by atoms with E-state index in [0.29, 0.717) is 5.92 Å². The van der Waals surface area contributed by atoms with E-state index in [4.69, 9.17) is 5.11 Å². The molecule has 1 amide bonds. The zero-order chi connectivity index (χ0) is 12.0. The second-order valence-electron chi connectivity index (χ2n) is 4.77. The molecule has 0 aromatic rings. The summed E-state index contributed by atoms with van der Waals surface area (Å²) in [5.41, 5.74) is 0. The first kappa shape index (κ1) is 13.5. The fourth-order valence-electron chi connectivity index (χ4n) is 2.59. The molecule has 1 heterocycles. The van der Waals surface area contributed by atoms with Crippen molar-refractivity contribution in [3.63, 3.8) is 0 Å². The van der Waals surface area contributed by atoms with Gasteiger partial charge in [0.2, 0.25) is 5.91 Å². The minimum atomic E-state index is 0.0473. The van der Waals surface area contributed by atoms with E-state index in [-0.39, 0.29) is 18.6 Å². The molecule has 0 radical (unpaired) electrons. The summed E-state index contributed by atoms with van der Waals surface area (Å²) in [6.07, 6.45) is 2.98. The van der Waals surface area contributed by atoms with Crippen LogP contribution in [0.2, 0.25) is 0 Å². The first-order chi connectivity index (χ1) is 7.65. The van der Waals surface area contributed by atoms with E-state index in [1.807, 2.05) is 0 Å². The molecule has 1 saturated heterocycles. The number of hydrogen-bond donors (Lipinski definition) is 2. The molecular weight excluding hydrogens is 204 g/mol. The lowest BCUT2D eigenvalue weighted by atomic mass is 9.91. The molecule has 0 aromatic carbocycles. The Hall–Kier alpha value is -0.610. The zero-order valence-electron chi connectivity index (χ0n) is 10.4. The molecule has 94 valence electrons. The van der Waals surface area contributed by atoms with E-state index in [1.54, 1.807) is 6.92 Å². The molecule has 2 N–H and O–H groups in total. The standard InChI is InChI=1S/C12H24N2O2/c1-3-5-14-8-11(4-6-15)7-12(9-14)13-10(2)16/h11-12,15H,3-9H2,1-2H3,(H,13,16). The summed E-state index contributed by atoms with van der Waals surface area (Å²) < 4.78 is 0. The lowest BCUT2D eigenvalue weighted by molar-refractivity contribution is -0.120. The van der Waals surface area contributed by atoms with E-state index in [1.165, 1.54) is 0 Å². The molecule has 1 fully saturated rings. The highest BCUT2D eigenvalue weighted by atomic mass is 16.3. The Balaban J connectivity index is 2.48. The molecule has 1 aliphatic heterocycles. The van der Waals surface area contributed by atoms with E-state index < -0.39 is 0 Å². The number of hydrogen-bond acceptors (Lipinski definition) is 3. The Morgan fingerprint density at radius 3 is 2.81 bits per heavy atom. The first-order valence-corrected chi connectivity index (χ1v) is 6.26. The molecule has 0 aliphatic carbocycles. The van der Waals surface area contributed by atoms with Crippen LogP contribution in [-0.4, -0.2) is 48.2 Å². The van der Waals surface area contributed by atoms with Crippen LogP contribution in [0.4, 0.5) is 0 Å². The van der Waals surface area contributed by atoms with Gasteiger partial charge < -0.3 is 15.3 Å². The van der Waals surface area contributed by atoms with E-state index in [2.05, 4.69) is 17.1 Å². The summed E-state index contributed by atoms with van der Waals surface area (Å²) in [6, 6.07) is 0.259. The molecular formula is C12H24N2O2. The Labute approximate surface area is 98.0 Å². The third kappa shape index (κ3) is 4.49. The summed E-state index contributed by atoms with van der Waals surface area (Å²) in [5, 5.41) is 12.0. The van der Waals surface area contributed by atoms with Crippen LogP contribution >= 0.6 is 0 Å². The van der Waals surface area contributed by atoms with Crippen LogP contribution in [0.3, 0.4) is 0 Å². The van der Waals surface area contributed by atoms with Crippen molar-refractivity contribution >= 4 is 5.91 Å². The van der Waals surface area contributed by atoms with Crippen molar-refractivity contribution in [1.29, 1.82) is 0 Å². The van der Waals surface area contributed by atoms with Crippen molar-refractivity contribution in [3.8, 4) is 0 Å². The smallest absolute Gasteiger partial charge is 0.217 e. The topological polar surface area (TPSA) is 52.6 Å². The van der Waals surface area contributed by atoms with Crippen molar-refractivity contribution in [2.24, 2.45) is 5.92 Å². The number of piperidine rings is 1. The number of likely N-dealkylation sites (tertiary alicyclic amines) is 1. The molecule has 16 heavy (non-hydrogen) atoms. The minimum Gasteiger partial charge on any atom is -0.396 e. The number of aliphatic hydroxyl groups excluding tert-OH is 1. The normalized spacial score (nSPS) is 26.7. The molecule has 0 spiro atoms. The van der Waals surface area contributed by atoms with Crippen molar-refractivity contribution in [2.45, 2.75) is 39.2 Å². The fourth-order valence-corrected chi connectivity index (χ4v) is 2.59. The molecule has 1 rings (SSSR count). The fraction of sp³-hybridized carbons (Fsp3) is 0.917. The van der Waals surface area contributed by atoms with Gasteiger partial charge in [-0.25, -0.2) is 0 Å². The van der Waals surface area contributed by atoms with Crippen LogP contribution in [0.1, 0.15) is 33.1 Å². The summed E-state index contributed by atoms with van der Waals surface area (Å²) in [7, 11) is 0. The number of nitrogens with zero attached hydrogens (tertiary/aromatic N) is 1. The van der Waals surface area contributed by atoms with Gasteiger partial charge in [-0.1, -0.05) is 6.92 Å². The van der Waals surface area contributed by atoms with Crippen LogP contribution in [0.25, 0.3) is 0 Å². The summed E-state index contributed by atoms with van der Waals surface area (Å²) >= 11 is 0. The van der Waals surface area contributed by atoms with Crippen molar-refractivity contribution in [1.82, 2.24) is 10.2 Å². The van der Waals surface area contributed by atoms with Gasteiger partial charge in [0.15, 0.2) is 0 Å². The van der Waals surface area contributed by atoms with E-state index in [0.717, 1.165) is 38.9 Å². The van der Waals surface area contributed by atoms with Crippen LogP contribution in [-0.2, 0) is 4.79 Å². The Kier molecular flexibility index (Phi) is 5.77. The van der Waals surface area contributed by atoms with Crippen LogP contribution < -0.4 is 5.32 Å². The highest BCUT2D eigenvalue weighted by Gasteiger charge is 2.26. The summed E-state index contributed by atoms with van der Waals surface area (Å²) in [4.78, 5) is 13.5. The lowest BCUT2D eigenvalue weighted by Gasteiger charge is -2.37. The summed E-state index contributed by atoms with van der Waals surface area (Å²) in [6.45, 7) is 7.08. The van der Waals surface area contributed by atoms with Crippen molar-refractivity contribution < 1.29 is 9.90 Å². The number of aliphatic hydroxyl groups is 1. The number of carbonyl (C=O) groups excluding carboxylic acids is 1. The van der Waals surface area contributed by atoms with Crippen molar-refractivity contribution in [3.05, 3.63) is 0 Å². The van der Waals surface area contributed by atoms with Gasteiger partial charge in [0.05, 0.1) is 0 Å². The number of amides is 1. The van der Waals surface area contributed by atoms with Gasteiger partial charge >= 0.3 is 0 Å². The molecule has 4 heteroatoms. The first-order valence-electron chi connectivity index (χ1n) is 6.26. The molecule has 4 nitrogen and oxygen atoms in total. The quantitative estimate of drug-likeness (QED) is 0.725. The zero-order valence-corrected chi connectivity index (χ0v) is 10.4. The van der Waals surface area contributed by atoms with Gasteiger partial charge in [-0.2, -0.15) is 0 Å². The van der Waals surface area contributed by atoms with Gasteiger partial charge in [0.1, 0.15) is 0 Å². The predicted molar refractivity (Wildman–Crippen MR) is 64.1 cm³/mol. The SMILES string of the molecule is CCCN1CC(CCO)CC(NC(C)=O)C1. The average Bonchev–Trinajstić information content (AvgIpc) is 2.17. The molecule has 2 unspecified atom stereocenters.